The first-order chi connectivity index (χ1) is 12.9. The van der Waals surface area contributed by atoms with Crippen molar-refractivity contribution in [2.75, 3.05) is 25.2 Å². The zero-order valence-electron chi connectivity index (χ0n) is 16.0. The van der Waals surface area contributed by atoms with Gasteiger partial charge in [0, 0.05) is 25.9 Å². The maximum absolute atomic E-state index is 12.9. The Bertz CT molecular complexity index is 794. The largest absolute Gasteiger partial charge is 0.469 e. The van der Waals surface area contributed by atoms with Crippen molar-refractivity contribution in [2.24, 2.45) is 11.0 Å². The maximum atomic E-state index is 12.9. The Labute approximate surface area is 159 Å². The van der Waals surface area contributed by atoms with Crippen molar-refractivity contribution in [2.45, 2.75) is 39.5 Å². The summed E-state index contributed by atoms with van der Waals surface area (Å²) in [5, 5.41) is 5.76. The fourth-order valence-electron chi connectivity index (χ4n) is 3.51. The topological polar surface area (TPSA) is 79.3 Å². The number of hydrogen-bond acceptors (Lipinski definition) is 5. The number of anilines is 1. The number of esters is 1. The van der Waals surface area contributed by atoms with Gasteiger partial charge in [-0.25, -0.2) is 5.01 Å². The molecule has 0 radical (unpaired) electrons. The molecule has 1 saturated heterocycles. The molecule has 0 saturated carbocycles. The molecule has 7 heteroatoms. The lowest BCUT2D eigenvalue weighted by molar-refractivity contribution is -0.148. The average molecular weight is 371 g/mol. The second kappa shape index (κ2) is 7.90. The molecule has 0 spiro atoms. The van der Waals surface area contributed by atoms with Crippen LogP contribution in [0.1, 0.15) is 36.8 Å². The number of methoxy groups -OCH3 is 1. The summed E-state index contributed by atoms with van der Waals surface area (Å²) in [6.07, 6.45) is 1.78. The van der Waals surface area contributed by atoms with E-state index >= 15 is 0 Å². The molecule has 0 atom stereocenters. The van der Waals surface area contributed by atoms with Crippen molar-refractivity contribution in [1.29, 1.82) is 0 Å². The van der Waals surface area contributed by atoms with E-state index in [0.29, 0.717) is 38.1 Å². The van der Waals surface area contributed by atoms with Gasteiger partial charge in [0.15, 0.2) is 0 Å². The Kier molecular flexibility index (Phi) is 5.58. The van der Waals surface area contributed by atoms with Crippen LogP contribution in [-0.4, -0.2) is 48.6 Å². The SMILES string of the molecule is COC(=O)C1CCN(C(=O)C2=NN(c3cc(C)ccc3C)C(=O)CC2)CC1. The minimum atomic E-state index is -0.219. The van der Waals surface area contributed by atoms with Crippen LogP contribution in [0.5, 0.6) is 0 Å². The summed E-state index contributed by atoms with van der Waals surface area (Å²) >= 11 is 0. The Morgan fingerprint density at radius 3 is 2.52 bits per heavy atom. The molecule has 0 aliphatic carbocycles. The fraction of sp³-hybridized carbons (Fsp3) is 0.500. The molecular formula is C20H25N3O4. The van der Waals surface area contributed by atoms with E-state index in [9.17, 15) is 14.4 Å². The van der Waals surface area contributed by atoms with Gasteiger partial charge >= 0.3 is 5.97 Å². The standard InChI is InChI=1S/C20H25N3O4/c1-13-4-5-14(2)17(12-13)23-18(24)7-6-16(21-23)19(25)22-10-8-15(9-11-22)20(26)27-3/h4-5,12,15H,6-11H2,1-3H3. The zero-order valence-corrected chi connectivity index (χ0v) is 16.0. The second-order valence-corrected chi connectivity index (χ2v) is 7.13. The summed E-state index contributed by atoms with van der Waals surface area (Å²) in [5.41, 5.74) is 3.08. The lowest BCUT2D eigenvalue weighted by Crippen LogP contribution is -2.46. The van der Waals surface area contributed by atoms with Gasteiger partial charge in [-0.2, -0.15) is 5.10 Å². The molecule has 0 unspecified atom stereocenters. The normalized spacial score (nSPS) is 18.3. The molecular weight excluding hydrogens is 346 g/mol. The summed E-state index contributed by atoms with van der Waals surface area (Å²) < 4.78 is 4.79. The summed E-state index contributed by atoms with van der Waals surface area (Å²) in [6, 6.07) is 5.83. The van der Waals surface area contributed by atoms with Crippen molar-refractivity contribution >= 4 is 29.2 Å². The molecule has 2 aliphatic rings. The van der Waals surface area contributed by atoms with Crippen LogP contribution >= 0.6 is 0 Å². The Morgan fingerprint density at radius 2 is 1.85 bits per heavy atom. The van der Waals surface area contributed by atoms with Crippen molar-refractivity contribution < 1.29 is 19.1 Å². The van der Waals surface area contributed by atoms with Gasteiger partial charge in [-0.1, -0.05) is 12.1 Å². The molecule has 0 bridgehead atoms. The molecule has 2 amide bonds. The fourth-order valence-corrected chi connectivity index (χ4v) is 3.51. The monoisotopic (exact) mass is 371 g/mol. The number of carbonyl (C=O) groups is 3. The number of carbonyl (C=O) groups excluding carboxylic acids is 3. The predicted molar refractivity (Wildman–Crippen MR) is 101 cm³/mol. The van der Waals surface area contributed by atoms with Crippen LogP contribution in [0.25, 0.3) is 0 Å². The Hall–Kier alpha value is -2.70. The first-order valence-corrected chi connectivity index (χ1v) is 9.25. The smallest absolute Gasteiger partial charge is 0.308 e. The van der Waals surface area contributed by atoms with E-state index in [1.165, 1.54) is 12.1 Å². The van der Waals surface area contributed by atoms with E-state index in [0.717, 1.165) is 16.8 Å². The van der Waals surface area contributed by atoms with Crippen molar-refractivity contribution in [1.82, 2.24) is 4.90 Å². The van der Waals surface area contributed by atoms with Gasteiger partial charge in [-0.15, -0.1) is 0 Å². The number of ether oxygens (including phenoxy) is 1. The third kappa shape index (κ3) is 4.02. The number of rotatable bonds is 3. The minimum Gasteiger partial charge on any atom is -0.469 e. The zero-order chi connectivity index (χ0) is 19.6. The van der Waals surface area contributed by atoms with E-state index in [2.05, 4.69) is 5.10 Å². The van der Waals surface area contributed by atoms with Crippen molar-refractivity contribution in [3.05, 3.63) is 29.3 Å². The van der Waals surface area contributed by atoms with Crippen LogP contribution in [0.2, 0.25) is 0 Å². The molecule has 2 aliphatic heterocycles. The molecule has 1 aromatic carbocycles. The third-order valence-electron chi connectivity index (χ3n) is 5.19. The molecule has 2 heterocycles. The Morgan fingerprint density at radius 1 is 1.15 bits per heavy atom. The molecule has 0 N–H and O–H groups in total. The second-order valence-electron chi connectivity index (χ2n) is 7.13. The number of likely N-dealkylation sites (tertiary alicyclic amines) is 1. The van der Waals surface area contributed by atoms with Crippen LogP contribution in [0.15, 0.2) is 23.3 Å². The predicted octanol–water partition coefficient (Wildman–Crippen LogP) is 2.20. The minimum absolute atomic E-state index is 0.107. The molecule has 3 rings (SSSR count). The third-order valence-corrected chi connectivity index (χ3v) is 5.19. The van der Waals surface area contributed by atoms with Gasteiger partial charge in [0.2, 0.25) is 5.91 Å². The number of amides is 2. The number of hydrogen-bond donors (Lipinski definition) is 0. The molecule has 144 valence electrons. The first-order valence-electron chi connectivity index (χ1n) is 9.25. The molecule has 27 heavy (non-hydrogen) atoms. The average Bonchev–Trinajstić information content (AvgIpc) is 2.69. The maximum Gasteiger partial charge on any atom is 0.308 e. The summed E-state index contributed by atoms with van der Waals surface area (Å²) in [6.45, 7) is 4.87. The van der Waals surface area contributed by atoms with Crippen LogP contribution in [0.3, 0.4) is 0 Å². The van der Waals surface area contributed by atoms with Gasteiger partial charge in [-0.3, -0.25) is 14.4 Å². The van der Waals surface area contributed by atoms with E-state index in [-0.39, 0.29) is 30.1 Å². The summed E-state index contributed by atoms with van der Waals surface area (Å²) in [7, 11) is 1.38. The van der Waals surface area contributed by atoms with Gasteiger partial charge in [-0.05, 0) is 43.9 Å². The van der Waals surface area contributed by atoms with E-state index in [1.54, 1.807) is 4.90 Å². The molecule has 0 aromatic heterocycles. The Balaban J connectivity index is 1.76. The number of nitrogens with zero attached hydrogens (tertiary/aromatic N) is 3. The number of benzene rings is 1. The van der Waals surface area contributed by atoms with Crippen LogP contribution < -0.4 is 5.01 Å². The highest BCUT2D eigenvalue weighted by Gasteiger charge is 2.32. The number of aryl methyl sites for hydroxylation is 2. The number of hydrazone groups is 1. The summed E-state index contributed by atoms with van der Waals surface area (Å²) in [5.74, 6) is -0.630. The lowest BCUT2D eigenvalue weighted by atomic mass is 9.96. The van der Waals surface area contributed by atoms with Gasteiger partial charge < -0.3 is 9.64 Å². The lowest BCUT2D eigenvalue weighted by Gasteiger charge is -2.32. The van der Waals surface area contributed by atoms with E-state index in [1.807, 2.05) is 32.0 Å². The molecule has 1 fully saturated rings. The highest BCUT2D eigenvalue weighted by Crippen LogP contribution is 2.26. The summed E-state index contributed by atoms with van der Waals surface area (Å²) in [4.78, 5) is 38.6. The molecule has 1 aromatic rings. The highest BCUT2D eigenvalue weighted by molar-refractivity contribution is 6.40. The van der Waals surface area contributed by atoms with E-state index in [4.69, 9.17) is 4.74 Å². The van der Waals surface area contributed by atoms with Gasteiger partial charge in [0.25, 0.3) is 5.91 Å². The van der Waals surface area contributed by atoms with Crippen LogP contribution in [0, 0.1) is 19.8 Å². The van der Waals surface area contributed by atoms with Gasteiger partial charge in [0.1, 0.15) is 5.71 Å². The van der Waals surface area contributed by atoms with Crippen LogP contribution in [-0.2, 0) is 19.1 Å². The quantitative estimate of drug-likeness (QED) is 0.763. The van der Waals surface area contributed by atoms with Crippen molar-refractivity contribution in [3.63, 3.8) is 0 Å². The number of piperidine rings is 1. The first kappa shape index (κ1) is 19.1. The van der Waals surface area contributed by atoms with Crippen LogP contribution in [0.4, 0.5) is 5.69 Å². The van der Waals surface area contributed by atoms with Crippen molar-refractivity contribution in [3.8, 4) is 0 Å². The van der Waals surface area contributed by atoms with E-state index < -0.39 is 0 Å². The molecule has 7 nitrogen and oxygen atoms in total. The highest BCUT2D eigenvalue weighted by atomic mass is 16.5. The van der Waals surface area contributed by atoms with Gasteiger partial charge in [0.05, 0.1) is 18.7 Å².